The number of benzene rings is 2. The predicted octanol–water partition coefficient (Wildman–Crippen LogP) is 5.07. The molecule has 212 valence electrons. The fourth-order valence-electron chi connectivity index (χ4n) is 5.37. The van der Waals surface area contributed by atoms with Crippen molar-refractivity contribution in [3.8, 4) is 11.1 Å². The maximum absolute atomic E-state index is 12.7. The molecule has 5 rings (SSSR count). The number of carbonyl (C=O) groups is 2. The van der Waals surface area contributed by atoms with E-state index in [1.54, 1.807) is 0 Å². The van der Waals surface area contributed by atoms with Crippen molar-refractivity contribution in [3.05, 3.63) is 71.6 Å². The van der Waals surface area contributed by atoms with E-state index < -0.39 is 6.09 Å². The van der Waals surface area contributed by atoms with E-state index in [0.717, 1.165) is 85.1 Å². The summed E-state index contributed by atoms with van der Waals surface area (Å²) in [6.45, 7) is 5.10. The number of amides is 2. The number of nitrogens with one attached hydrogen (secondary N) is 2. The Kier molecular flexibility index (Phi) is 9.70. The minimum absolute atomic E-state index is 0.0350. The molecule has 0 atom stereocenters. The molecule has 40 heavy (non-hydrogen) atoms. The fraction of sp³-hybridized carbons (Fsp3) is 0.419. The molecular weight excluding hydrogens is 524 g/mol. The summed E-state index contributed by atoms with van der Waals surface area (Å²) in [5, 5.41) is 16.4. The number of carbonyl (C=O) groups excluding carboxylic acids is 2. The lowest BCUT2D eigenvalue weighted by Gasteiger charge is -2.31. The Balaban J connectivity index is 1.01. The quantitative estimate of drug-likeness (QED) is 0.337. The van der Waals surface area contributed by atoms with Crippen LogP contribution >= 0.6 is 11.3 Å². The van der Waals surface area contributed by atoms with Gasteiger partial charge < -0.3 is 25.0 Å². The lowest BCUT2D eigenvalue weighted by Crippen LogP contribution is -2.42. The molecule has 2 aliphatic heterocycles. The molecule has 0 spiro atoms. The van der Waals surface area contributed by atoms with Crippen LogP contribution in [0.5, 0.6) is 0 Å². The van der Waals surface area contributed by atoms with Crippen LogP contribution < -0.4 is 15.5 Å². The van der Waals surface area contributed by atoms with Crippen LogP contribution in [0.1, 0.15) is 35.4 Å². The number of thiophene rings is 1. The topological polar surface area (TPSA) is 94.1 Å². The van der Waals surface area contributed by atoms with Gasteiger partial charge in [-0.25, -0.2) is 4.79 Å². The highest BCUT2D eigenvalue weighted by Gasteiger charge is 2.24. The van der Waals surface area contributed by atoms with Crippen molar-refractivity contribution in [3.63, 3.8) is 0 Å². The van der Waals surface area contributed by atoms with Gasteiger partial charge in [-0.2, -0.15) is 0 Å². The minimum atomic E-state index is -0.429. The van der Waals surface area contributed by atoms with E-state index in [1.807, 2.05) is 66.7 Å². The number of likely N-dealkylation sites (tertiary alicyclic amines) is 1. The molecule has 0 bridgehead atoms. The number of ether oxygens (including phenoxy) is 1. The molecule has 0 aliphatic carbocycles. The van der Waals surface area contributed by atoms with Crippen molar-refractivity contribution in [1.82, 2.24) is 10.2 Å². The van der Waals surface area contributed by atoms with E-state index in [9.17, 15) is 14.7 Å². The zero-order valence-corrected chi connectivity index (χ0v) is 23.6. The summed E-state index contributed by atoms with van der Waals surface area (Å²) in [7, 11) is 0. The van der Waals surface area contributed by atoms with Crippen LogP contribution in [0, 0.1) is 5.92 Å². The van der Waals surface area contributed by atoms with Gasteiger partial charge in [0.05, 0.1) is 15.6 Å². The number of aliphatic hydroxyl groups excluding tert-OH is 1. The highest BCUT2D eigenvalue weighted by Crippen LogP contribution is 2.30. The fourth-order valence-corrected chi connectivity index (χ4v) is 6.35. The molecule has 2 amide bonds. The lowest BCUT2D eigenvalue weighted by atomic mass is 9.98. The van der Waals surface area contributed by atoms with E-state index in [-0.39, 0.29) is 18.6 Å². The number of piperidine rings is 2. The molecule has 3 N–H and O–H groups in total. The van der Waals surface area contributed by atoms with Crippen molar-refractivity contribution in [2.45, 2.75) is 31.8 Å². The second-order valence-electron chi connectivity index (χ2n) is 10.5. The second-order valence-corrected chi connectivity index (χ2v) is 11.6. The molecule has 8 nitrogen and oxygen atoms in total. The first-order valence-corrected chi connectivity index (χ1v) is 15.0. The Bertz CT molecular complexity index is 1250. The van der Waals surface area contributed by atoms with E-state index in [1.165, 1.54) is 11.3 Å². The zero-order chi connectivity index (χ0) is 27.7. The molecule has 3 aromatic rings. The monoisotopic (exact) mass is 562 g/mol. The predicted molar refractivity (Wildman–Crippen MR) is 160 cm³/mol. The van der Waals surface area contributed by atoms with Crippen molar-refractivity contribution in [2.24, 2.45) is 5.92 Å². The van der Waals surface area contributed by atoms with Gasteiger partial charge >= 0.3 is 6.09 Å². The second kappa shape index (κ2) is 13.8. The number of rotatable bonds is 9. The molecule has 1 aromatic heterocycles. The van der Waals surface area contributed by atoms with Gasteiger partial charge in [-0.3, -0.25) is 10.1 Å². The first-order valence-electron chi connectivity index (χ1n) is 14.2. The van der Waals surface area contributed by atoms with Crippen LogP contribution in [0.3, 0.4) is 0 Å². The van der Waals surface area contributed by atoms with Crippen LogP contribution in [-0.2, 0) is 4.74 Å². The molecule has 3 heterocycles. The summed E-state index contributed by atoms with van der Waals surface area (Å²) in [6.07, 6.45) is 2.96. The summed E-state index contributed by atoms with van der Waals surface area (Å²) < 4.78 is 5.74. The number of aliphatic hydroxyl groups is 1. The number of hydrogen-bond donors (Lipinski definition) is 3. The number of nitrogens with zero attached hydrogens (tertiary/aromatic N) is 2. The first-order chi connectivity index (χ1) is 19.6. The maximum atomic E-state index is 12.7. The van der Waals surface area contributed by atoms with E-state index >= 15 is 0 Å². The van der Waals surface area contributed by atoms with Gasteiger partial charge in [0.1, 0.15) is 6.10 Å². The molecule has 0 radical (unpaired) electrons. The highest BCUT2D eigenvalue weighted by molar-refractivity contribution is 7.18. The summed E-state index contributed by atoms with van der Waals surface area (Å²) in [4.78, 5) is 30.7. The van der Waals surface area contributed by atoms with Gasteiger partial charge in [0.15, 0.2) is 0 Å². The zero-order valence-electron chi connectivity index (χ0n) is 22.8. The van der Waals surface area contributed by atoms with Crippen molar-refractivity contribution in [2.75, 3.05) is 56.1 Å². The minimum Gasteiger partial charge on any atom is -0.446 e. The smallest absolute Gasteiger partial charge is 0.411 e. The first kappa shape index (κ1) is 28.1. The SMILES string of the molecule is O=C(Nc1ccccc1-c1ccccc1)OC1CCN(CCNC(=O)c2ccc(N3CCC(CO)CC3)s2)CC1. The maximum Gasteiger partial charge on any atom is 0.411 e. The van der Waals surface area contributed by atoms with Crippen LogP contribution in [0.2, 0.25) is 0 Å². The van der Waals surface area contributed by atoms with E-state index in [2.05, 4.69) is 20.4 Å². The molecule has 2 fully saturated rings. The lowest BCUT2D eigenvalue weighted by molar-refractivity contribution is 0.0587. The van der Waals surface area contributed by atoms with Crippen molar-refractivity contribution in [1.29, 1.82) is 0 Å². The van der Waals surface area contributed by atoms with Gasteiger partial charge in [0.25, 0.3) is 5.91 Å². The normalized spacial score (nSPS) is 17.0. The average molecular weight is 563 g/mol. The van der Waals surface area contributed by atoms with E-state index in [4.69, 9.17) is 4.74 Å². The number of para-hydroxylation sites is 1. The van der Waals surface area contributed by atoms with Gasteiger partial charge in [0, 0.05) is 51.4 Å². The van der Waals surface area contributed by atoms with Gasteiger partial charge in [-0.15, -0.1) is 11.3 Å². The van der Waals surface area contributed by atoms with Gasteiger partial charge in [0.2, 0.25) is 0 Å². The molecule has 2 aromatic carbocycles. The summed E-state index contributed by atoms with van der Waals surface area (Å²) in [5.41, 5.74) is 2.73. The third-order valence-corrected chi connectivity index (χ3v) is 8.92. The van der Waals surface area contributed by atoms with Crippen LogP contribution in [-0.4, -0.2) is 74.0 Å². The highest BCUT2D eigenvalue weighted by atomic mass is 32.1. The van der Waals surface area contributed by atoms with Crippen LogP contribution in [0.15, 0.2) is 66.7 Å². The number of hydrogen-bond acceptors (Lipinski definition) is 7. The summed E-state index contributed by atoms with van der Waals surface area (Å²) >= 11 is 1.53. The van der Waals surface area contributed by atoms with Crippen molar-refractivity contribution >= 4 is 34.0 Å². The molecular formula is C31H38N4O4S. The molecule has 0 saturated carbocycles. The standard InChI is InChI=1S/C31H38N4O4S/c36-22-23-12-19-35(20-13-23)29-11-10-28(40-29)30(37)32-16-21-34-17-14-25(15-18-34)39-31(38)33-27-9-5-4-8-26(27)24-6-2-1-3-7-24/h1-11,23,25,36H,12-22H2,(H,32,37)(H,33,38). The van der Waals surface area contributed by atoms with E-state index in [0.29, 0.717) is 12.5 Å². The Morgan fingerprint density at radius 3 is 2.38 bits per heavy atom. The van der Waals surface area contributed by atoms with Crippen molar-refractivity contribution < 1.29 is 19.4 Å². The third kappa shape index (κ3) is 7.41. The molecule has 2 aliphatic rings. The Labute approximate surface area is 239 Å². The Hall–Kier alpha value is -3.40. The molecule has 9 heteroatoms. The summed E-state index contributed by atoms with van der Waals surface area (Å²) in [6, 6.07) is 21.6. The van der Waals surface area contributed by atoms with Gasteiger partial charge in [-0.05, 0) is 55.4 Å². The summed E-state index contributed by atoms with van der Waals surface area (Å²) in [5.74, 6) is 0.363. The van der Waals surface area contributed by atoms with Crippen LogP contribution in [0.25, 0.3) is 11.1 Å². The largest absolute Gasteiger partial charge is 0.446 e. The van der Waals surface area contributed by atoms with Crippen LogP contribution in [0.4, 0.5) is 15.5 Å². The molecule has 2 saturated heterocycles. The number of anilines is 2. The Morgan fingerprint density at radius 1 is 0.900 bits per heavy atom. The Morgan fingerprint density at radius 2 is 1.62 bits per heavy atom. The average Bonchev–Trinajstić information content (AvgIpc) is 3.49. The van der Waals surface area contributed by atoms with Gasteiger partial charge in [-0.1, -0.05) is 48.5 Å². The molecule has 0 unspecified atom stereocenters. The third-order valence-electron chi connectivity index (χ3n) is 7.77.